The van der Waals surface area contributed by atoms with E-state index in [0.29, 0.717) is 11.7 Å². The Morgan fingerprint density at radius 1 is 1.64 bits per heavy atom. The number of aromatic nitrogens is 1. The highest BCUT2D eigenvalue weighted by atomic mass is 16.5. The van der Waals surface area contributed by atoms with Gasteiger partial charge in [-0.2, -0.15) is 5.26 Å². The molecule has 0 spiro atoms. The van der Waals surface area contributed by atoms with Gasteiger partial charge in [0.25, 0.3) is 0 Å². The normalized spacial score (nSPS) is 15.9. The predicted molar refractivity (Wildman–Crippen MR) is 50.4 cm³/mol. The molecule has 2 heterocycles. The minimum Gasteiger partial charge on any atom is -0.378 e. The first-order valence-electron chi connectivity index (χ1n) is 4.54. The maximum atomic E-state index is 8.64. The molecule has 1 aliphatic rings. The molecule has 14 heavy (non-hydrogen) atoms. The van der Waals surface area contributed by atoms with E-state index < -0.39 is 0 Å². The molecule has 1 aromatic rings. The van der Waals surface area contributed by atoms with Crippen LogP contribution in [0.4, 0.5) is 0 Å². The number of hydrogen-bond acceptors (Lipinski definition) is 4. The van der Waals surface area contributed by atoms with Crippen LogP contribution in [-0.2, 0) is 11.3 Å². The summed E-state index contributed by atoms with van der Waals surface area (Å²) < 4.78 is 5.04. The number of nitrogens with zero attached hydrogens (tertiary/aromatic N) is 2. The van der Waals surface area contributed by atoms with Crippen LogP contribution in [-0.4, -0.2) is 24.2 Å². The van der Waals surface area contributed by atoms with Crippen LogP contribution >= 0.6 is 0 Å². The van der Waals surface area contributed by atoms with Crippen LogP contribution in [0.1, 0.15) is 11.3 Å². The lowest BCUT2D eigenvalue weighted by Gasteiger charge is -2.26. The quantitative estimate of drug-likeness (QED) is 0.749. The van der Waals surface area contributed by atoms with Crippen LogP contribution < -0.4 is 5.32 Å². The summed E-state index contributed by atoms with van der Waals surface area (Å²) in [7, 11) is 0. The van der Waals surface area contributed by atoms with Gasteiger partial charge in [0.05, 0.1) is 19.3 Å². The summed E-state index contributed by atoms with van der Waals surface area (Å²) in [5, 5.41) is 12.0. The van der Waals surface area contributed by atoms with E-state index in [2.05, 4.69) is 10.3 Å². The molecule has 0 saturated carbocycles. The molecule has 1 saturated heterocycles. The minimum absolute atomic E-state index is 0.466. The molecule has 1 N–H and O–H groups in total. The van der Waals surface area contributed by atoms with Crippen molar-refractivity contribution < 1.29 is 4.74 Å². The van der Waals surface area contributed by atoms with Crippen LogP contribution in [0.2, 0.25) is 0 Å². The lowest BCUT2D eigenvalue weighted by Crippen LogP contribution is -2.45. The van der Waals surface area contributed by atoms with Crippen LogP contribution in [0.25, 0.3) is 0 Å². The third-order valence-electron chi connectivity index (χ3n) is 2.17. The topological polar surface area (TPSA) is 57.9 Å². The molecule has 4 nitrogen and oxygen atoms in total. The van der Waals surface area contributed by atoms with Gasteiger partial charge in [0.15, 0.2) is 0 Å². The van der Waals surface area contributed by atoms with Gasteiger partial charge in [-0.1, -0.05) is 0 Å². The number of hydrogen-bond donors (Lipinski definition) is 1. The molecule has 2 rings (SSSR count). The summed E-state index contributed by atoms with van der Waals surface area (Å²) in [5.74, 6) is 0. The largest absolute Gasteiger partial charge is 0.378 e. The predicted octanol–water partition coefficient (Wildman–Crippen LogP) is 0.442. The van der Waals surface area contributed by atoms with Gasteiger partial charge in [0, 0.05) is 12.7 Å². The van der Waals surface area contributed by atoms with Gasteiger partial charge in [0.1, 0.15) is 11.8 Å². The molecule has 0 atom stereocenters. The first-order chi connectivity index (χ1) is 6.88. The van der Waals surface area contributed by atoms with E-state index in [1.165, 1.54) is 0 Å². The van der Waals surface area contributed by atoms with E-state index >= 15 is 0 Å². The summed E-state index contributed by atoms with van der Waals surface area (Å²) in [4.78, 5) is 3.91. The fourth-order valence-electron chi connectivity index (χ4n) is 1.26. The molecule has 0 amide bonds. The van der Waals surface area contributed by atoms with Gasteiger partial charge in [-0.05, 0) is 17.7 Å². The number of ether oxygens (including phenoxy) is 1. The molecule has 0 radical (unpaired) electrons. The first kappa shape index (κ1) is 9.13. The van der Waals surface area contributed by atoms with Crippen LogP contribution in [0.5, 0.6) is 0 Å². The molecule has 72 valence electrons. The summed E-state index contributed by atoms with van der Waals surface area (Å²) in [6, 6.07) is 6.19. The molecule has 4 heteroatoms. The first-order valence-corrected chi connectivity index (χ1v) is 4.54. The second-order valence-corrected chi connectivity index (χ2v) is 3.28. The van der Waals surface area contributed by atoms with Crippen molar-refractivity contribution >= 4 is 0 Å². The Bertz CT molecular complexity index is 355. The van der Waals surface area contributed by atoms with E-state index in [1.54, 1.807) is 12.3 Å². The highest BCUT2D eigenvalue weighted by Gasteiger charge is 2.16. The van der Waals surface area contributed by atoms with Crippen molar-refractivity contribution in [3.8, 4) is 6.07 Å². The number of rotatable bonds is 3. The van der Waals surface area contributed by atoms with Gasteiger partial charge in [-0.25, -0.2) is 4.98 Å². The Labute approximate surface area is 82.5 Å². The van der Waals surface area contributed by atoms with Crippen molar-refractivity contribution in [2.75, 3.05) is 13.2 Å². The van der Waals surface area contributed by atoms with Crippen molar-refractivity contribution in [3.63, 3.8) is 0 Å². The molecular formula is C10H11N3O. The molecular weight excluding hydrogens is 178 g/mol. The van der Waals surface area contributed by atoms with Crippen LogP contribution in [0.15, 0.2) is 18.3 Å². The fraction of sp³-hybridized carbons (Fsp3) is 0.400. The van der Waals surface area contributed by atoms with E-state index in [0.717, 1.165) is 25.3 Å². The zero-order valence-electron chi connectivity index (χ0n) is 7.73. The Hall–Kier alpha value is -1.44. The summed E-state index contributed by atoms with van der Waals surface area (Å²) in [6.07, 6.45) is 1.66. The second kappa shape index (κ2) is 4.18. The third kappa shape index (κ3) is 2.08. The van der Waals surface area contributed by atoms with Crippen molar-refractivity contribution in [1.82, 2.24) is 10.3 Å². The van der Waals surface area contributed by atoms with Gasteiger partial charge >= 0.3 is 0 Å². The summed E-state index contributed by atoms with van der Waals surface area (Å²) >= 11 is 0. The van der Waals surface area contributed by atoms with Gasteiger partial charge in [-0.15, -0.1) is 0 Å². The highest BCUT2D eigenvalue weighted by molar-refractivity contribution is 5.25. The molecule has 0 aliphatic carbocycles. The molecule has 1 aromatic heterocycles. The summed E-state index contributed by atoms with van der Waals surface area (Å²) in [5.41, 5.74) is 1.55. The lowest BCUT2D eigenvalue weighted by atomic mass is 10.2. The van der Waals surface area contributed by atoms with Gasteiger partial charge < -0.3 is 10.1 Å². The minimum atomic E-state index is 0.466. The second-order valence-electron chi connectivity index (χ2n) is 3.28. The Morgan fingerprint density at radius 2 is 2.50 bits per heavy atom. The van der Waals surface area contributed by atoms with E-state index in [1.807, 2.05) is 12.1 Å². The van der Waals surface area contributed by atoms with Crippen LogP contribution in [0.3, 0.4) is 0 Å². The third-order valence-corrected chi connectivity index (χ3v) is 2.17. The van der Waals surface area contributed by atoms with Gasteiger partial charge in [-0.3, -0.25) is 0 Å². The summed E-state index contributed by atoms with van der Waals surface area (Å²) in [6.45, 7) is 2.34. The lowest BCUT2D eigenvalue weighted by molar-refractivity contribution is -0.00578. The number of pyridine rings is 1. The standard InChI is InChI=1S/C10H11N3O/c11-4-9-3-8(1-2-12-9)5-13-10-6-14-7-10/h1-3,10,13H,5-7H2. The Kier molecular flexibility index (Phi) is 2.73. The zero-order chi connectivity index (χ0) is 9.80. The molecule has 0 unspecified atom stereocenters. The molecule has 0 aromatic carbocycles. The molecule has 1 aliphatic heterocycles. The van der Waals surface area contributed by atoms with E-state index in [4.69, 9.17) is 10.00 Å². The van der Waals surface area contributed by atoms with Crippen molar-refractivity contribution in [2.24, 2.45) is 0 Å². The zero-order valence-corrected chi connectivity index (χ0v) is 7.73. The maximum absolute atomic E-state index is 8.64. The average molecular weight is 189 g/mol. The number of nitrogens with one attached hydrogen (secondary N) is 1. The number of nitriles is 1. The average Bonchev–Trinajstić information content (AvgIpc) is 2.16. The molecule has 0 bridgehead atoms. The van der Waals surface area contributed by atoms with Crippen molar-refractivity contribution in [2.45, 2.75) is 12.6 Å². The Balaban J connectivity index is 1.91. The monoisotopic (exact) mass is 189 g/mol. The SMILES string of the molecule is N#Cc1cc(CNC2COC2)ccn1. The van der Waals surface area contributed by atoms with E-state index in [9.17, 15) is 0 Å². The maximum Gasteiger partial charge on any atom is 0.140 e. The fourth-order valence-corrected chi connectivity index (χ4v) is 1.26. The van der Waals surface area contributed by atoms with Crippen molar-refractivity contribution in [1.29, 1.82) is 5.26 Å². The van der Waals surface area contributed by atoms with Crippen molar-refractivity contribution in [3.05, 3.63) is 29.6 Å². The highest BCUT2D eigenvalue weighted by Crippen LogP contribution is 2.04. The van der Waals surface area contributed by atoms with Crippen LogP contribution in [0, 0.1) is 11.3 Å². The van der Waals surface area contributed by atoms with Gasteiger partial charge in [0.2, 0.25) is 0 Å². The smallest absolute Gasteiger partial charge is 0.140 e. The Morgan fingerprint density at radius 3 is 3.14 bits per heavy atom. The van der Waals surface area contributed by atoms with E-state index in [-0.39, 0.29) is 0 Å². The molecule has 1 fully saturated rings.